The van der Waals surface area contributed by atoms with Gasteiger partial charge >= 0.3 is 0 Å². The minimum atomic E-state index is -3.47. The molecule has 0 bridgehead atoms. The Balaban J connectivity index is 2.34. The Labute approximate surface area is 122 Å². The highest BCUT2D eigenvalue weighted by Crippen LogP contribution is 2.26. The first-order chi connectivity index (χ1) is 8.82. The minimum absolute atomic E-state index is 0.0337. The molecule has 1 fully saturated rings. The molecule has 0 aliphatic carbocycles. The number of sulfonamides is 1. The molecule has 1 aromatic carbocycles. The maximum absolute atomic E-state index is 12.6. The summed E-state index contributed by atoms with van der Waals surface area (Å²) in [6.07, 6.45) is 0. The zero-order valence-corrected chi connectivity index (χ0v) is 13.4. The van der Waals surface area contributed by atoms with Gasteiger partial charge in [0.05, 0.1) is 4.90 Å². The predicted octanol–water partition coefficient (Wildman–Crippen LogP) is 1.36. The number of nitrogen functional groups attached to an aromatic ring is 1. The van der Waals surface area contributed by atoms with Gasteiger partial charge in [0.15, 0.2) is 0 Å². The molecule has 1 aromatic rings. The number of halogens is 1. The maximum Gasteiger partial charge on any atom is 0.243 e. The van der Waals surface area contributed by atoms with Crippen molar-refractivity contribution in [2.75, 3.05) is 32.4 Å². The smallest absolute Gasteiger partial charge is 0.243 e. The van der Waals surface area contributed by atoms with Crippen molar-refractivity contribution in [2.24, 2.45) is 0 Å². The summed E-state index contributed by atoms with van der Waals surface area (Å²) in [4.78, 5) is 2.39. The van der Waals surface area contributed by atoms with Crippen LogP contribution in [0.15, 0.2) is 27.6 Å². The molecule has 0 aromatic heterocycles. The van der Waals surface area contributed by atoms with Crippen LogP contribution in [0.25, 0.3) is 0 Å². The van der Waals surface area contributed by atoms with Gasteiger partial charge in [-0.1, -0.05) is 0 Å². The van der Waals surface area contributed by atoms with Gasteiger partial charge in [0.25, 0.3) is 0 Å². The Hall–Kier alpha value is -0.630. The van der Waals surface area contributed by atoms with E-state index in [1.165, 1.54) is 6.07 Å². The van der Waals surface area contributed by atoms with Crippen LogP contribution < -0.4 is 5.73 Å². The molecule has 106 valence electrons. The fraction of sp³-hybridized carbons (Fsp3) is 0.500. The highest BCUT2D eigenvalue weighted by atomic mass is 79.9. The van der Waals surface area contributed by atoms with Crippen molar-refractivity contribution in [1.82, 2.24) is 9.21 Å². The van der Waals surface area contributed by atoms with E-state index in [0.717, 1.165) is 13.1 Å². The molecule has 0 radical (unpaired) electrons. The Kier molecular flexibility index (Phi) is 4.20. The lowest BCUT2D eigenvalue weighted by molar-refractivity contribution is 0.170. The second-order valence-electron chi connectivity index (χ2n) is 4.91. The summed E-state index contributed by atoms with van der Waals surface area (Å²) in [6.45, 7) is 3.92. The lowest BCUT2D eigenvalue weighted by Crippen LogP contribution is -2.52. The van der Waals surface area contributed by atoms with E-state index in [-0.39, 0.29) is 10.9 Å². The molecule has 0 saturated carbocycles. The minimum Gasteiger partial charge on any atom is -0.398 e. The molecular weight excluding hydrogens is 330 g/mol. The zero-order chi connectivity index (χ0) is 14.2. The number of benzene rings is 1. The first-order valence-corrected chi connectivity index (χ1v) is 8.31. The molecule has 2 N–H and O–H groups in total. The number of anilines is 1. The monoisotopic (exact) mass is 347 g/mol. The number of rotatable bonds is 2. The standard InChI is InChI=1S/C12H18BrN3O2S/c1-9-8-15(2)5-6-16(9)19(17,18)10-3-4-11(13)12(14)7-10/h3-4,7,9H,5-6,8,14H2,1-2H3. The van der Waals surface area contributed by atoms with E-state index in [9.17, 15) is 8.42 Å². The maximum atomic E-state index is 12.6. The Morgan fingerprint density at radius 3 is 2.63 bits per heavy atom. The number of nitrogens with zero attached hydrogens (tertiary/aromatic N) is 2. The van der Waals surface area contributed by atoms with Crippen molar-refractivity contribution in [2.45, 2.75) is 17.9 Å². The third kappa shape index (κ3) is 2.94. The molecule has 19 heavy (non-hydrogen) atoms. The SMILES string of the molecule is CC1CN(C)CCN1S(=O)(=O)c1ccc(Br)c(N)c1. The highest BCUT2D eigenvalue weighted by Gasteiger charge is 2.32. The molecule has 1 aliphatic rings. The number of likely N-dealkylation sites (N-methyl/N-ethyl adjacent to an activating group) is 1. The predicted molar refractivity (Wildman–Crippen MR) is 79.4 cm³/mol. The van der Waals surface area contributed by atoms with E-state index >= 15 is 0 Å². The largest absolute Gasteiger partial charge is 0.398 e. The first-order valence-electron chi connectivity index (χ1n) is 6.08. The average Bonchev–Trinajstić information content (AvgIpc) is 2.32. The van der Waals surface area contributed by atoms with Crippen LogP contribution in [0.2, 0.25) is 0 Å². The lowest BCUT2D eigenvalue weighted by Gasteiger charge is -2.37. The van der Waals surface area contributed by atoms with Gasteiger partial charge in [-0.2, -0.15) is 4.31 Å². The van der Waals surface area contributed by atoms with Crippen molar-refractivity contribution in [3.05, 3.63) is 22.7 Å². The molecular formula is C12H18BrN3O2S. The molecule has 1 unspecified atom stereocenters. The third-order valence-corrected chi connectivity index (χ3v) is 6.08. The van der Waals surface area contributed by atoms with Crippen LogP contribution in [0.1, 0.15) is 6.92 Å². The van der Waals surface area contributed by atoms with E-state index in [4.69, 9.17) is 5.73 Å². The lowest BCUT2D eigenvalue weighted by atomic mass is 10.2. The van der Waals surface area contributed by atoms with E-state index in [2.05, 4.69) is 20.8 Å². The van der Waals surface area contributed by atoms with Crippen molar-refractivity contribution in [3.63, 3.8) is 0 Å². The summed E-state index contributed by atoms with van der Waals surface area (Å²) in [5, 5.41) is 0. The van der Waals surface area contributed by atoms with Crippen LogP contribution in [-0.2, 0) is 10.0 Å². The molecule has 1 heterocycles. The topological polar surface area (TPSA) is 66.6 Å². The molecule has 0 amide bonds. The quantitative estimate of drug-likeness (QED) is 0.820. The van der Waals surface area contributed by atoms with Gasteiger partial charge in [0, 0.05) is 35.8 Å². The van der Waals surface area contributed by atoms with Gasteiger partial charge in [-0.3, -0.25) is 0 Å². The Morgan fingerprint density at radius 1 is 1.37 bits per heavy atom. The van der Waals surface area contributed by atoms with E-state index in [1.54, 1.807) is 16.4 Å². The number of piperazine rings is 1. The first kappa shape index (κ1) is 14.8. The molecule has 7 heteroatoms. The van der Waals surface area contributed by atoms with Crippen molar-refractivity contribution in [1.29, 1.82) is 0 Å². The van der Waals surface area contributed by atoms with Gasteiger partial charge in [-0.25, -0.2) is 8.42 Å². The van der Waals surface area contributed by atoms with Crippen molar-refractivity contribution < 1.29 is 8.42 Å². The fourth-order valence-corrected chi connectivity index (χ4v) is 4.19. The summed E-state index contributed by atoms with van der Waals surface area (Å²) < 4.78 is 27.5. The van der Waals surface area contributed by atoms with E-state index in [0.29, 0.717) is 16.7 Å². The Bertz CT molecular complexity index is 576. The average molecular weight is 348 g/mol. The van der Waals surface area contributed by atoms with E-state index in [1.807, 2.05) is 14.0 Å². The third-order valence-electron chi connectivity index (χ3n) is 3.34. The van der Waals surface area contributed by atoms with Crippen LogP contribution in [-0.4, -0.2) is 50.3 Å². The second-order valence-corrected chi connectivity index (χ2v) is 7.66. The van der Waals surface area contributed by atoms with E-state index < -0.39 is 10.0 Å². The van der Waals surface area contributed by atoms with Crippen LogP contribution in [0, 0.1) is 0 Å². The van der Waals surface area contributed by atoms with Gasteiger partial charge in [-0.05, 0) is 48.1 Å². The van der Waals surface area contributed by atoms with Crippen LogP contribution in [0.5, 0.6) is 0 Å². The summed E-state index contributed by atoms with van der Waals surface area (Å²) in [5.74, 6) is 0. The second kappa shape index (κ2) is 5.40. The number of nitrogens with two attached hydrogens (primary N) is 1. The summed E-state index contributed by atoms with van der Waals surface area (Å²) >= 11 is 3.27. The van der Waals surface area contributed by atoms with Gasteiger partial charge in [0.1, 0.15) is 0 Å². The van der Waals surface area contributed by atoms with Gasteiger partial charge in [0.2, 0.25) is 10.0 Å². The van der Waals surface area contributed by atoms with Crippen LogP contribution in [0.3, 0.4) is 0 Å². The summed E-state index contributed by atoms with van der Waals surface area (Å²) in [5.41, 5.74) is 6.20. The normalized spacial score (nSPS) is 22.6. The molecule has 1 atom stereocenters. The molecule has 1 aliphatic heterocycles. The number of hydrogen-bond acceptors (Lipinski definition) is 4. The van der Waals surface area contributed by atoms with Crippen molar-refractivity contribution >= 4 is 31.6 Å². The highest BCUT2D eigenvalue weighted by molar-refractivity contribution is 9.10. The van der Waals surface area contributed by atoms with Crippen LogP contribution in [0.4, 0.5) is 5.69 Å². The van der Waals surface area contributed by atoms with Gasteiger partial charge < -0.3 is 10.6 Å². The van der Waals surface area contributed by atoms with Crippen LogP contribution >= 0.6 is 15.9 Å². The zero-order valence-electron chi connectivity index (χ0n) is 11.0. The molecule has 5 nitrogen and oxygen atoms in total. The molecule has 1 saturated heterocycles. The number of hydrogen-bond donors (Lipinski definition) is 1. The molecule has 0 spiro atoms. The Morgan fingerprint density at radius 2 is 2.05 bits per heavy atom. The van der Waals surface area contributed by atoms with Crippen molar-refractivity contribution in [3.8, 4) is 0 Å². The summed E-state index contributed by atoms with van der Waals surface area (Å²) in [7, 11) is -1.47. The summed E-state index contributed by atoms with van der Waals surface area (Å²) in [6, 6.07) is 4.72. The fourth-order valence-electron chi connectivity index (χ4n) is 2.30. The molecule has 2 rings (SSSR count). The van der Waals surface area contributed by atoms with Gasteiger partial charge in [-0.15, -0.1) is 0 Å².